The van der Waals surface area contributed by atoms with E-state index < -0.39 is 17.8 Å². The summed E-state index contributed by atoms with van der Waals surface area (Å²) in [5.41, 5.74) is 0.571. The highest BCUT2D eigenvalue weighted by Crippen LogP contribution is 2.34. The predicted octanol–water partition coefficient (Wildman–Crippen LogP) is 4.16. The number of aromatic nitrogens is 2. The molecule has 0 bridgehead atoms. The van der Waals surface area contributed by atoms with E-state index in [-0.39, 0.29) is 34.5 Å². The van der Waals surface area contributed by atoms with Crippen molar-refractivity contribution in [1.29, 1.82) is 0 Å². The van der Waals surface area contributed by atoms with Gasteiger partial charge in [0.15, 0.2) is 12.4 Å². The number of amides is 1. The van der Waals surface area contributed by atoms with Gasteiger partial charge in [0.2, 0.25) is 0 Å². The second-order valence-corrected chi connectivity index (χ2v) is 7.85. The quantitative estimate of drug-likeness (QED) is 0.485. The van der Waals surface area contributed by atoms with Crippen molar-refractivity contribution >= 4 is 45.8 Å². The normalized spacial score (nSPS) is 10.5. The van der Waals surface area contributed by atoms with Crippen LogP contribution < -0.4 is 10.1 Å². The van der Waals surface area contributed by atoms with E-state index in [1.54, 1.807) is 44.3 Å². The van der Waals surface area contributed by atoms with Crippen LogP contribution >= 0.6 is 22.9 Å². The first-order valence-electron chi connectivity index (χ1n) is 9.46. The molecule has 0 aliphatic carbocycles. The van der Waals surface area contributed by atoms with Gasteiger partial charge >= 0.3 is 11.9 Å². The number of hydrogen-bond acceptors (Lipinski definition) is 8. The summed E-state index contributed by atoms with van der Waals surface area (Å²) in [6.45, 7) is 3.53. The summed E-state index contributed by atoms with van der Waals surface area (Å²) < 4.78 is 16.9. The van der Waals surface area contributed by atoms with Gasteiger partial charge in [-0.3, -0.25) is 4.79 Å². The lowest BCUT2D eigenvalue weighted by molar-refractivity contribution is 0.0531. The number of carbonyl (C=O) groups is 3. The molecule has 0 radical (unpaired) electrons. The van der Waals surface area contributed by atoms with E-state index in [2.05, 4.69) is 10.4 Å². The Hall–Kier alpha value is -3.37. The van der Waals surface area contributed by atoms with E-state index in [9.17, 15) is 14.4 Å². The molecule has 0 saturated carbocycles. The first kappa shape index (κ1) is 23.3. The molecule has 1 N–H and O–H groups in total. The summed E-state index contributed by atoms with van der Waals surface area (Å²) in [6, 6.07) is 8.34. The van der Waals surface area contributed by atoms with Crippen LogP contribution in [-0.4, -0.2) is 41.3 Å². The van der Waals surface area contributed by atoms with E-state index in [0.717, 1.165) is 11.3 Å². The number of benzene rings is 1. The molecule has 2 heterocycles. The summed E-state index contributed by atoms with van der Waals surface area (Å²) in [5.74, 6) is -1.22. The smallest absolute Gasteiger partial charge is 0.348 e. The summed E-state index contributed by atoms with van der Waals surface area (Å²) in [5, 5.41) is 7.58. The molecular formula is C21H20ClN3O6S. The van der Waals surface area contributed by atoms with Gasteiger partial charge in [0.25, 0.3) is 5.91 Å². The van der Waals surface area contributed by atoms with Crippen molar-refractivity contribution in [3.63, 3.8) is 0 Å². The summed E-state index contributed by atoms with van der Waals surface area (Å²) in [7, 11) is 1.22. The van der Waals surface area contributed by atoms with Crippen molar-refractivity contribution in [1.82, 2.24) is 9.78 Å². The van der Waals surface area contributed by atoms with Crippen molar-refractivity contribution < 1.29 is 28.6 Å². The van der Waals surface area contributed by atoms with Crippen LogP contribution in [0.5, 0.6) is 5.75 Å². The molecule has 0 saturated heterocycles. The average molecular weight is 478 g/mol. The number of anilines is 1. The largest absolute Gasteiger partial charge is 0.471 e. The first-order valence-corrected chi connectivity index (χ1v) is 10.7. The van der Waals surface area contributed by atoms with Gasteiger partial charge in [0.05, 0.1) is 19.3 Å². The van der Waals surface area contributed by atoms with Crippen LogP contribution in [0.2, 0.25) is 5.02 Å². The van der Waals surface area contributed by atoms with E-state index in [1.807, 2.05) is 0 Å². The van der Waals surface area contributed by atoms with Crippen molar-refractivity contribution in [3.05, 3.63) is 63.2 Å². The van der Waals surface area contributed by atoms with Crippen LogP contribution in [-0.2, 0) is 16.2 Å². The van der Waals surface area contributed by atoms with Crippen LogP contribution in [0.1, 0.15) is 43.0 Å². The topological polar surface area (TPSA) is 109 Å². The van der Waals surface area contributed by atoms with Crippen molar-refractivity contribution in [2.45, 2.75) is 20.6 Å². The molecule has 2 aromatic heterocycles. The molecule has 0 fully saturated rings. The Bertz CT molecular complexity index is 1140. The number of nitrogens with zero attached hydrogens (tertiary/aromatic N) is 2. The molecule has 9 nitrogen and oxygen atoms in total. The Morgan fingerprint density at radius 2 is 1.88 bits per heavy atom. The van der Waals surface area contributed by atoms with E-state index in [0.29, 0.717) is 16.3 Å². The van der Waals surface area contributed by atoms with Gasteiger partial charge in [-0.15, -0.1) is 11.3 Å². The number of methoxy groups -OCH3 is 1. The first-order chi connectivity index (χ1) is 15.3. The third-order valence-corrected chi connectivity index (χ3v) is 5.71. The molecule has 32 heavy (non-hydrogen) atoms. The molecule has 11 heteroatoms. The lowest BCUT2D eigenvalue weighted by atomic mass is 10.1. The fraction of sp³-hybridized carbons (Fsp3) is 0.238. The van der Waals surface area contributed by atoms with Crippen molar-refractivity contribution in [3.8, 4) is 5.75 Å². The monoisotopic (exact) mass is 477 g/mol. The van der Waals surface area contributed by atoms with Crippen LogP contribution in [0.15, 0.2) is 36.5 Å². The average Bonchev–Trinajstić information content (AvgIpc) is 3.38. The Balaban J connectivity index is 1.75. The number of esters is 2. The third-order valence-electron chi connectivity index (χ3n) is 4.27. The summed E-state index contributed by atoms with van der Waals surface area (Å²) in [4.78, 5) is 37.4. The van der Waals surface area contributed by atoms with Gasteiger partial charge in [-0.1, -0.05) is 11.6 Å². The van der Waals surface area contributed by atoms with Crippen molar-refractivity contribution in [2.24, 2.45) is 0 Å². The van der Waals surface area contributed by atoms with Gasteiger partial charge in [-0.25, -0.2) is 14.3 Å². The van der Waals surface area contributed by atoms with Crippen LogP contribution in [0, 0.1) is 6.92 Å². The lowest BCUT2D eigenvalue weighted by Gasteiger charge is -2.06. The predicted molar refractivity (Wildman–Crippen MR) is 119 cm³/mol. The maximum absolute atomic E-state index is 12.7. The Morgan fingerprint density at radius 3 is 2.53 bits per heavy atom. The number of ether oxygens (including phenoxy) is 3. The second-order valence-electron chi connectivity index (χ2n) is 6.39. The fourth-order valence-corrected chi connectivity index (χ4v) is 3.94. The Morgan fingerprint density at radius 1 is 1.16 bits per heavy atom. The molecule has 0 unspecified atom stereocenters. The highest BCUT2D eigenvalue weighted by Gasteiger charge is 2.27. The van der Waals surface area contributed by atoms with Crippen LogP contribution in [0.3, 0.4) is 0 Å². The molecule has 0 aliphatic rings. The highest BCUT2D eigenvalue weighted by molar-refractivity contribution is 7.18. The zero-order valence-electron chi connectivity index (χ0n) is 17.5. The Kier molecular flexibility index (Phi) is 7.49. The van der Waals surface area contributed by atoms with Crippen LogP contribution in [0.25, 0.3) is 0 Å². The lowest BCUT2D eigenvalue weighted by Crippen LogP contribution is -2.16. The molecule has 1 aromatic carbocycles. The van der Waals surface area contributed by atoms with Crippen molar-refractivity contribution in [2.75, 3.05) is 19.0 Å². The second kappa shape index (κ2) is 10.3. The number of thiophene rings is 1. The van der Waals surface area contributed by atoms with E-state index in [4.69, 9.17) is 25.8 Å². The van der Waals surface area contributed by atoms with Gasteiger partial charge in [0.1, 0.15) is 15.6 Å². The highest BCUT2D eigenvalue weighted by atomic mass is 35.5. The minimum absolute atomic E-state index is 0.0768. The zero-order valence-corrected chi connectivity index (χ0v) is 19.1. The summed E-state index contributed by atoms with van der Waals surface area (Å²) >= 11 is 6.79. The maximum atomic E-state index is 12.7. The molecule has 0 spiro atoms. The van der Waals surface area contributed by atoms with E-state index >= 15 is 0 Å². The number of rotatable bonds is 8. The molecule has 0 atom stereocenters. The molecule has 0 aliphatic heterocycles. The number of carbonyl (C=O) groups excluding carboxylic acids is 3. The molecule has 168 valence electrons. The molecular weight excluding hydrogens is 458 g/mol. The molecule has 1 amide bonds. The number of hydrogen-bond donors (Lipinski definition) is 1. The minimum atomic E-state index is -0.675. The third kappa shape index (κ3) is 5.27. The van der Waals surface area contributed by atoms with Gasteiger partial charge in [0, 0.05) is 11.2 Å². The summed E-state index contributed by atoms with van der Waals surface area (Å²) in [6.07, 6.45) is 1.58. The van der Waals surface area contributed by atoms with Gasteiger partial charge in [-0.05, 0) is 49.7 Å². The van der Waals surface area contributed by atoms with Crippen LogP contribution in [0.4, 0.5) is 5.00 Å². The number of halogens is 1. The fourth-order valence-electron chi connectivity index (χ4n) is 2.73. The van der Waals surface area contributed by atoms with E-state index in [1.165, 1.54) is 17.9 Å². The zero-order chi connectivity index (χ0) is 23.3. The molecule has 3 aromatic rings. The van der Waals surface area contributed by atoms with Gasteiger partial charge in [-0.2, -0.15) is 5.10 Å². The minimum Gasteiger partial charge on any atom is -0.471 e. The van der Waals surface area contributed by atoms with Gasteiger partial charge < -0.3 is 19.5 Å². The SMILES string of the molecule is CCOC(=O)c1sc(NC(=O)c2ccn(COc3ccc(Cl)cc3)n2)c(C(=O)OC)c1C. The molecule has 3 rings (SSSR count). The maximum Gasteiger partial charge on any atom is 0.348 e. The Labute approximate surface area is 192 Å². The standard InChI is InChI=1S/C21H20ClN3O6S/c1-4-30-21(28)17-12(2)16(20(27)29-3)19(32-17)23-18(26)15-9-10-25(24-15)11-31-14-7-5-13(22)6-8-14/h5-10H,4,11H2,1-3H3,(H,23,26). The number of nitrogens with one attached hydrogen (secondary N) is 1.